The molecule has 3 aromatic rings. The standard InChI is InChI=1S/C25H28N4O2/c1-18-17-20(10-11-21(18)19-12-15-27-16-13-19)25(31)28-14-6-2-3-9-24(30)29-23-8-5-4-7-22(23)26/h4-5,7-8,10-13,15-17H,2-3,6,9,14,26H2,1H3,(H,28,31)(H,29,30). The number of nitrogens with two attached hydrogens (primary N) is 1. The van der Waals surface area contributed by atoms with E-state index in [1.807, 2.05) is 49.4 Å². The molecular weight excluding hydrogens is 388 g/mol. The third-order valence-corrected chi connectivity index (χ3v) is 5.08. The van der Waals surface area contributed by atoms with Crippen LogP contribution in [0.3, 0.4) is 0 Å². The maximum absolute atomic E-state index is 12.4. The summed E-state index contributed by atoms with van der Waals surface area (Å²) in [6.45, 7) is 2.58. The summed E-state index contributed by atoms with van der Waals surface area (Å²) >= 11 is 0. The highest BCUT2D eigenvalue weighted by Crippen LogP contribution is 2.23. The number of para-hydroxylation sites is 2. The van der Waals surface area contributed by atoms with Crippen LogP contribution < -0.4 is 16.4 Å². The topological polar surface area (TPSA) is 97.1 Å². The van der Waals surface area contributed by atoms with Gasteiger partial charge in [0.1, 0.15) is 0 Å². The molecule has 0 aliphatic heterocycles. The maximum Gasteiger partial charge on any atom is 0.251 e. The van der Waals surface area contributed by atoms with E-state index < -0.39 is 0 Å². The first-order chi connectivity index (χ1) is 15.0. The fourth-order valence-corrected chi connectivity index (χ4v) is 3.38. The van der Waals surface area contributed by atoms with Gasteiger partial charge in [0.2, 0.25) is 5.91 Å². The van der Waals surface area contributed by atoms with E-state index in [0.29, 0.717) is 29.9 Å². The van der Waals surface area contributed by atoms with Crippen molar-refractivity contribution in [3.63, 3.8) is 0 Å². The molecule has 2 amide bonds. The Hall–Kier alpha value is -3.67. The Kier molecular flexibility index (Phi) is 7.76. The summed E-state index contributed by atoms with van der Waals surface area (Å²) in [6, 6.07) is 16.8. The first-order valence-electron chi connectivity index (χ1n) is 10.5. The molecular formula is C25H28N4O2. The maximum atomic E-state index is 12.4. The van der Waals surface area contributed by atoms with Gasteiger partial charge in [0.05, 0.1) is 11.4 Å². The fraction of sp³-hybridized carbons (Fsp3) is 0.240. The van der Waals surface area contributed by atoms with E-state index in [1.54, 1.807) is 24.5 Å². The average Bonchev–Trinajstić information content (AvgIpc) is 2.78. The number of nitrogens with one attached hydrogen (secondary N) is 2. The SMILES string of the molecule is Cc1cc(C(=O)NCCCCCC(=O)Nc2ccccc2N)ccc1-c1ccncc1. The third-order valence-electron chi connectivity index (χ3n) is 5.08. The van der Waals surface area contributed by atoms with Gasteiger partial charge in [-0.1, -0.05) is 24.6 Å². The summed E-state index contributed by atoms with van der Waals surface area (Å²) < 4.78 is 0. The molecule has 1 heterocycles. The van der Waals surface area contributed by atoms with Crippen molar-refractivity contribution in [1.29, 1.82) is 0 Å². The lowest BCUT2D eigenvalue weighted by atomic mass is 9.99. The van der Waals surface area contributed by atoms with Crippen LogP contribution in [-0.2, 0) is 4.79 Å². The van der Waals surface area contributed by atoms with Crippen molar-refractivity contribution in [3.8, 4) is 11.1 Å². The van der Waals surface area contributed by atoms with Crippen molar-refractivity contribution in [2.45, 2.75) is 32.6 Å². The van der Waals surface area contributed by atoms with Crippen molar-refractivity contribution in [2.75, 3.05) is 17.6 Å². The summed E-state index contributed by atoms with van der Waals surface area (Å²) in [5.41, 5.74) is 10.9. The first kappa shape index (κ1) is 22.0. The number of carbonyl (C=O) groups excluding carboxylic acids is 2. The number of nitrogens with zero attached hydrogens (tertiary/aromatic N) is 1. The smallest absolute Gasteiger partial charge is 0.251 e. The van der Waals surface area contributed by atoms with Crippen LogP contribution in [0.5, 0.6) is 0 Å². The molecule has 3 rings (SSSR count). The lowest BCUT2D eigenvalue weighted by Crippen LogP contribution is -2.24. The van der Waals surface area contributed by atoms with E-state index >= 15 is 0 Å². The number of aromatic nitrogens is 1. The Morgan fingerprint density at radius 3 is 2.48 bits per heavy atom. The molecule has 0 fully saturated rings. The summed E-state index contributed by atoms with van der Waals surface area (Å²) in [7, 11) is 0. The number of unbranched alkanes of at least 4 members (excludes halogenated alkanes) is 2. The number of amides is 2. The molecule has 0 atom stereocenters. The Labute approximate surface area is 182 Å². The Bertz CT molecular complexity index is 1030. The zero-order valence-electron chi connectivity index (χ0n) is 17.7. The van der Waals surface area contributed by atoms with Gasteiger partial charge in [0.15, 0.2) is 0 Å². The van der Waals surface area contributed by atoms with E-state index in [0.717, 1.165) is 36.0 Å². The molecule has 0 aliphatic carbocycles. The molecule has 0 spiro atoms. The van der Waals surface area contributed by atoms with Crippen molar-refractivity contribution in [3.05, 3.63) is 78.1 Å². The average molecular weight is 417 g/mol. The second kappa shape index (κ2) is 10.9. The number of aryl methyl sites for hydroxylation is 1. The normalized spacial score (nSPS) is 10.5. The molecule has 2 aromatic carbocycles. The van der Waals surface area contributed by atoms with Crippen molar-refractivity contribution in [1.82, 2.24) is 10.3 Å². The zero-order chi connectivity index (χ0) is 22.1. The van der Waals surface area contributed by atoms with Crippen LogP contribution in [0.1, 0.15) is 41.6 Å². The predicted octanol–water partition coefficient (Wildman–Crippen LogP) is 4.57. The fourth-order valence-electron chi connectivity index (χ4n) is 3.38. The van der Waals surface area contributed by atoms with E-state index in [1.165, 1.54) is 0 Å². The number of pyridine rings is 1. The van der Waals surface area contributed by atoms with Crippen LogP contribution in [0.4, 0.5) is 11.4 Å². The minimum absolute atomic E-state index is 0.0494. The highest BCUT2D eigenvalue weighted by atomic mass is 16.2. The molecule has 31 heavy (non-hydrogen) atoms. The quantitative estimate of drug-likeness (QED) is 0.352. The van der Waals surface area contributed by atoms with E-state index in [-0.39, 0.29) is 11.8 Å². The minimum atomic E-state index is -0.0818. The molecule has 0 radical (unpaired) electrons. The molecule has 0 saturated heterocycles. The van der Waals surface area contributed by atoms with Gasteiger partial charge in [-0.3, -0.25) is 14.6 Å². The lowest BCUT2D eigenvalue weighted by molar-refractivity contribution is -0.116. The molecule has 0 bridgehead atoms. The number of hydrogen-bond acceptors (Lipinski definition) is 4. The second-order valence-electron chi connectivity index (χ2n) is 7.47. The molecule has 6 heteroatoms. The number of rotatable bonds is 9. The van der Waals surface area contributed by atoms with Gasteiger partial charge in [-0.15, -0.1) is 0 Å². The Morgan fingerprint density at radius 1 is 0.968 bits per heavy atom. The summed E-state index contributed by atoms with van der Waals surface area (Å²) in [5.74, 6) is -0.131. The van der Waals surface area contributed by atoms with Gasteiger partial charge in [-0.25, -0.2) is 0 Å². The van der Waals surface area contributed by atoms with Crippen LogP contribution >= 0.6 is 0 Å². The second-order valence-corrected chi connectivity index (χ2v) is 7.47. The van der Waals surface area contributed by atoms with Crippen molar-refractivity contribution >= 4 is 23.2 Å². The molecule has 0 aliphatic rings. The third kappa shape index (κ3) is 6.40. The van der Waals surface area contributed by atoms with Crippen molar-refractivity contribution < 1.29 is 9.59 Å². The van der Waals surface area contributed by atoms with E-state index in [9.17, 15) is 9.59 Å². The van der Waals surface area contributed by atoms with Crippen LogP contribution in [0, 0.1) is 6.92 Å². The highest BCUT2D eigenvalue weighted by molar-refractivity contribution is 5.95. The monoisotopic (exact) mass is 416 g/mol. The molecule has 6 nitrogen and oxygen atoms in total. The predicted molar refractivity (Wildman–Crippen MR) is 125 cm³/mol. The van der Waals surface area contributed by atoms with Gasteiger partial charge >= 0.3 is 0 Å². The number of benzene rings is 2. The van der Waals surface area contributed by atoms with E-state index in [2.05, 4.69) is 15.6 Å². The Morgan fingerprint density at radius 2 is 1.74 bits per heavy atom. The lowest BCUT2D eigenvalue weighted by Gasteiger charge is -2.10. The summed E-state index contributed by atoms with van der Waals surface area (Å²) in [4.78, 5) is 28.5. The first-order valence-corrected chi connectivity index (χ1v) is 10.5. The van der Waals surface area contributed by atoms with Gasteiger partial charge in [-0.2, -0.15) is 0 Å². The molecule has 160 valence electrons. The van der Waals surface area contributed by atoms with Crippen LogP contribution in [0.15, 0.2) is 67.0 Å². The highest BCUT2D eigenvalue weighted by Gasteiger charge is 2.09. The van der Waals surface area contributed by atoms with Gasteiger partial charge in [0, 0.05) is 30.9 Å². The van der Waals surface area contributed by atoms with Crippen LogP contribution in [0.25, 0.3) is 11.1 Å². The van der Waals surface area contributed by atoms with Crippen LogP contribution in [-0.4, -0.2) is 23.3 Å². The summed E-state index contributed by atoms with van der Waals surface area (Å²) in [5, 5.41) is 5.78. The Balaban J connectivity index is 1.37. The molecule has 0 saturated carbocycles. The minimum Gasteiger partial charge on any atom is -0.397 e. The van der Waals surface area contributed by atoms with Crippen LogP contribution in [0.2, 0.25) is 0 Å². The number of carbonyl (C=O) groups is 2. The zero-order valence-corrected chi connectivity index (χ0v) is 17.7. The van der Waals surface area contributed by atoms with Gasteiger partial charge < -0.3 is 16.4 Å². The number of anilines is 2. The molecule has 0 unspecified atom stereocenters. The number of hydrogen-bond donors (Lipinski definition) is 3. The van der Waals surface area contributed by atoms with Gasteiger partial charge in [0.25, 0.3) is 5.91 Å². The number of nitrogen functional groups attached to an aromatic ring is 1. The van der Waals surface area contributed by atoms with E-state index in [4.69, 9.17) is 5.73 Å². The largest absolute Gasteiger partial charge is 0.397 e. The van der Waals surface area contributed by atoms with Gasteiger partial charge in [-0.05, 0) is 72.9 Å². The molecule has 1 aromatic heterocycles. The summed E-state index contributed by atoms with van der Waals surface area (Å²) in [6.07, 6.45) is 6.39. The molecule has 4 N–H and O–H groups in total. The van der Waals surface area contributed by atoms with Crippen molar-refractivity contribution in [2.24, 2.45) is 0 Å².